The van der Waals surface area contributed by atoms with E-state index in [0.717, 1.165) is 0 Å². The van der Waals surface area contributed by atoms with Gasteiger partial charge in [-0.3, -0.25) is 57.7 Å². The minimum atomic E-state index is -1.54. The molecule has 4 rings (SSSR count). The minimum Gasteiger partial charge on any atom is -0.370 e. The van der Waals surface area contributed by atoms with Gasteiger partial charge in [-0.15, -0.1) is 0 Å². The molecule has 0 aromatic heterocycles. The molecular weight excluding hydrogens is 961 g/mol. The van der Waals surface area contributed by atoms with Crippen molar-refractivity contribution >= 4 is 70.9 Å². The van der Waals surface area contributed by atoms with Crippen LogP contribution in [0.5, 0.6) is 0 Å². The third kappa shape index (κ3) is 19.1. The van der Waals surface area contributed by atoms with Gasteiger partial charge in [0.2, 0.25) is 65.0 Å². The average Bonchev–Trinajstić information content (AvgIpc) is 4.02. The van der Waals surface area contributed by atoms with E-state index in [4.69, 9.17) is 28.7 Å². The summed E-state index contributed by atoms with van der Waals surface area (Å²) in [7, 11) is 0. The van der Waals surface area contributed by atoms with Crippen LogP contribution in [0.2, 0.25) is 0 Å². The van der Waals surface area contributed by atoms with Crippen LogP contribution in [0, 0.1) is 5.92 Å². The number of guanidine groups is 1. The third-order valence-electron chi connectivity index (χ3n) is 12.3. The van der Waals surface area contributed by atoms with E-state index in [2.05, 4.69) is 42.2 Å². The summed E-state index contributed by atoms with van der Waals surface area (Å²) < 4.78 is 0. The number of hydrogen-bond donors (Lipinski definition) is 12. The smallest absolute Gasteiger partial charge is 0.245 e. The average molecular weight is 1030 g/mol. The summed E-state index contributed by atoms with van der Waals surface area (Å²) in [5.74, 6) is -8.83. The van der Waals surface area contributed by atoms with E-state index in [-0.39, 0.29) is 95.1 Å². The molecule has 0 aliphatic carbocycles. The highest BCUT2D eigenvalue weighted by Crippen LogP contribution is 2.21. The number of nitrogens with one attached hydrogen (secondary N) is 7. The SMILES string of the molecule is CC(C)C[C@H](NC(=O)[C@H](Cc1ccccc1)NC(=O)[C@@H]1CCC(=O)N1)C(=O)N[C@@H](Cc1ccccc1)C(=O)N[C@@H](CCCN=C(N)N)C(=O)N1CCC[C@H]1C(=O)N[C@@H](CCC(N)=O)C(=O)N[C@@H](CC(N)=O)C(N)=O. The van der Waals surface area contributed by atoms with Gasteiger partial charge in [0.25, 0.3) is 0 Å². The molecule has 25 nitrogen and oxygen atoms in total. The first-order chi connectivity index (χ1) is 35.1. The molecule has 0 unspecified atom stereocenters. The molecule has 2 heterocycles. The molecular formula is C49H70N14O11. The second-order valence-corrected chi connectivity index (χ2v) is 18.8. The highest BCUT2D eigenvalue weighted by Gasteiger charge is 2.40. The maximum atomic E-state index is 14.6. The fourth-order valence-corrected chi connectivity index (χ4v) is 8.50. The highest BCUT2D eigenvalue weighted by molar-refractivity contribution is 5.99. The summed E-state index contributed by atoms with van der Waals surface area (Å²) in [6.07, 6.45) is -0.343. The molecule has 2 aliphatic heterocycles. The van der Waals surface area contributed by atoms with E-state index in [1.807, 2.05) is 13.8 Å². The Morgan fingerprint density at radius 2 is 1.16 bits per heavy atom. The lowest BCUT2D eigenvalue weighted by molar-refractivity contribution is -0.142. The van der Waals surface area contributed by atoms with Crippen LogP contribution in [0.4, 0.5) is 0 Å². The first kappa shape index (κ1) is 58.5. The lowest BCUT2D eigenvalue weighted by Crippen LogP contribution is -2.60. The van der Waals surface area contributed by atoms with Crippen LogP contribution in [0.25, 0.3) is 0 Å². The lowest BCUT2D eigenvalue weighted by atomic mass is 9.99. The molecule has 2 aromatic carbocycles. The monoisotopic (exact) mass is 1030 g/mol. The van der Waals surface area contributed by atoms with Crippen molar-refractivity contribution in [3.63, 3.8) is 0 Å². The molecule has 2 aromatic rings. The normalized spacial score (nSPS) is 17.4. The zero-order valence-electron chi connectivity index (χ0n) is 41.6. The van der Waals surface area contributed by atoms with E-state index in [1.54, 1.807) is 60.7 Å². The summed E-state index contributed by atoms with van der Waals surface area (Å²) in [6.45, 7) is 3.75. The van der Waals surface area contributed by atoms with Crippen molar-refractivity contribution in [2.45, 2.75) is 139 Å². The lowest BCUT2D eigenvalue weighted by Gasteiger charge is -2.31. The van der Waals surface area contributed by atoms with Gasteiger partial charge in [-0.05, 0) is 62.0 Å². The van der Waals surface area contributed by atoms with Gasteiger partial charge in [0.15, 0.2) is 5.96 Å². The van der Waals surface area contributed by atoms with Crippen LogP contribution < -0.4 is 65.9 Å². The van der Waals surface area contributed by atoms with Crippen molar-refractivity contribution in [1.29, 1.82) is 0 Å². The molecule has 0 spiro atoms. The fraction of sp³-hybridized carbons (Fsp3) is 0.510. The van der Waals surface area contributed by atoms with E-state index in [9.17, 15) is 52.7 Å². The van der Waals surface area contributed by atoms with E-state index in [0.29, 0.717) is 17.5 Å². The van der Waals surface area contributed by atoms with Crippen LogP contribution in [-0.4, -0.2) is 137 Å². The van der Waals surface area contributed by atoms with Gasteiger partial charge in [0.1, 0.15) is 48.3 Å². The van der Waals surface area contributed by atoms with Crippen molar-refractivity contribution in [3.8, 4) is 0 Å². The summed E-state index contributed by atoms with van der Waals surface area (Å²) in [6, 6.07) is 7.44. The van der Waals surface area contributed by atoms with Crippen molar-refractivity contribution in [1.82, 2.24) is 42.1 Å². The fourth-order valence-electron chi connectivity index (χ4n) is 8.50. The minimum absolute atomic E-state index is 0.0411. The topological polar surface area (TPSA) is 418 Å². The Bertz CT molecular complexity index is 2370. The van der Waals surface area contributed by atoms with Crippen LogP contribution in [0.1, 0.15) is 89.2 Å². The largest absolute Gasteiger partial charge is 0.370 e. The number of benzene rings is 2. The Morgan fingerprint density at radius 3 is 1.69 bits per heavy atom. The Labute approximate surface area is 428 Å². The standard InChI is InChI=1S/C49H70N14O11/c1-27(2)23-34(60-46(72)36(25-29-13-7-4-8-14-29)61-42(68)30-18-20-40(66)56-30)44(70)62-35(24-28-11-5-3-6-12-28)45(71)58-32(15-9-21-55-49(53)54)48(74)63-22-10-16-37(63)47(73)57-31(17-19-38(50)64)43(69)59-33(41(52)67)26-39(51)65/h3-8,11-14,27,30-37H,9-10,15-26H2,1-2H3,(H2,50,64)(H2,51,65)(H2,52,67)(H,56,66)(H,57,73)(H,58,71)(H,59,69)(H,60,72)(H,61,68)(H,62,70)(H4,53,54,55)/t30-,31-,32-,33-,34-,35-,36-,37-/m0/s1. The summed E-state index contributed by atoms with van der Waals surface area (Å²) in [4.78, 5) is 151. The van der Waals surface area contributed by atoms with Gasteiger partial charge >= 0.3 is 0 Å². The van der Waals surface area contributed by atoms with Gasteiger partial charge in [0.05, 0.1) is 6.42 Å². The first-order valence-electron chi connectivity index (χ1n) is 24.5. The number of rotatable bonds is 29. The van der Waals surface area contributed by atoms with Crippen LogP contribution >= 0.6 is 0 Å². The zero-order valence-corrected chi connectivity index (χ0v) is 41.6. The van der Waals surface area contributed by atoms with Gasteiger partial charge in [-0.25, -0.2) is 0 Å². The molecule has 8 atom stereocenters. The first-order valence-corrected chi connectivity index (χ1v) is 24.5. The second-order valence-electron chi connectivity index (χ2n) is 18.8. The van der Waals surface area contributed by atoms with E-state index >= 15 is 0 Å². The Balaban J connectivity index is 1.61. The molecule has 0 radical (unpaired) electrons. The molecule has 402 valence electrons. The predicted molar refractivity (Wildman–Crippen MR) is 269 cm³/mol. The molecule has 11 amide bonds. The number of nitrogens with two attached hydrogens (primary N) is 5. The summed E-state index contributed by atoms with van der Waals surface area (Å²) in [5, 5.41) is 18.5. The van der Waals surface area contributed by atoms with E-state index in [1.165, 1.54) is 4.90 Å². The van der Waals surface area contributed by atoms with Crippen molar-refractivity contribution in [2.75, 3.05) is 13.1 Å². The Kier molecular flexibility index (Phi) is 22.7. The van der Waals surface area contributed by atoms with Crippen LogP contribution in [0.15, 0.2) is 65.7 Å². The number of primary amides is 3. The number of likely N-dealkylation sites (tertiary alicyclic amines) is 1. The molecule has 25 heteroatoms. The number of nitrogens with zero attached hydrogens (tertiary/aromatic N) is 2. The molecule has 0 saturated carbocycles. The molecule has 2 fully saturated rings. The summed E-state index contributed by atoms with van der Waals surface area (Å²) >= 11 is 0. The molecule has 2 saturated heterocycles. The predicted octanol–water partition coefficient (Wildman–Crippen LogP) is -3.62. The van der Waals surface area contributed by atoms with Gasteiger partial charge in [-0.1, -0.05) is 74.5 Å². The third-order valence-corrected chi connectivity index (χ3v) is 12.3. The van der Waals surface area contributed by atoms with E-state index < -0.39 is 114 Å². The van der Waals surface area contributed by atoms with Gasteiger partial charge in [0, 0.05) is 38.8 Å². The number of hydrogen-bond acceptors (Lipinski definition) is 12. The number of amides is 11. The Morgan fingerprint density at radius 1 is 0.635 bits per heavy atom. The maximum absolute atomic E-state index is 14.6. The van der Waals surface area contributed by atoms with Crippen molar-refractivity contribution < 1.29 is 52.7 Å². The molecule has 0 bridgehead atoms. The maximum Gasteiger partial charge on any atom is 0.245 e. The zero-order chi connectivity index (χ0) is 54.5. The molecule has 17 N–H and O–H groups in total. The Hall–Kier alpha value is -8.12. The summed E-state index contributed by atoms with van der Waals surface area (Å²) in [5.41, 5.74) is 28.3. The number of carbonyl (C=O) groups excluding carboxylic acids is 11. The molecule has 2 aliphatic rings. The second kappa shape index (κ2) is 28.8. The number of aliphatic imine (C=N–C) groups is 1. The number of carbonyl (C=O) groups is 11. The van der Waals surface area contributed by atoms with Crippen LogP contribution in [-0.2, 0) is 65.6 Å². The van der Waals surface area contributed by atoms with Crippen molar-refractivity contribution in [3.05, 3.63) is 71.8 Å². The van der Waals surface area contributed by atoms with Crippen LogP contribution in [0.3, 0.4) is 0 Å². The van der Waals surface area contributed by atoms with Gasteiger partial charge in [-0.2, -0.15) is 0 Å². The quantitative estimate of drug-likeness (QED) is 0.0213. The highest BCUT2D eigenvalue weighted by atomic mass is 16.2. The molecule has 74 heavy (non-hydrogen) atoms. The van der Waals surface area contributed by atoms with Gasteiger partial charge < -0.3 is 70.8 Å². The van der Waals surface area contributed by atoms with Crippen molar-refractivity contribution in [2.24, 2.45) is 39.6 Å².